The molecule has 1 fully saturated rings. The van der Waals surface area contributed by atoms with E-state index in [-0.39, 0.29) is 12.0 Å². The van der Waals surface area contributed by atoms with Gasteiger partial charge in [-0.1, -0.05) is 12.1 Å². The molecule has 0 heterocycles. The average molecular weight is 258 g/mol. The van der Waals surface area contributed by atoms with Crippen LogP contribution in [0.25, 0.3) is 0 Å². The van der Waals surface area contributed by atoms with Crippen molar-refractivity contribution in [3.63, 3.8) is 0 Å². The first-order valence-corrected chi connectivity index (χ1v) is 5.59. The molecule has 0 aliphatic heterocycles. The van der Waals surface area contributed by atoms with Crippen LogP contribution in [0.3, 0.4) is 0 Å². The topological polar surface area (TPSA) is 55.1 Å². The molecular weight excluding hydrogens is 245 g/mol. The molecule has 18 heavy (non-hydrogen) atoms. The van der Waals surface area contributed by atoms with Gasteiger partial charge in [0.15, 0.2) is 0 Å². The summed E-state index contributed by atoms with van der Waals surface area (Å²) >= 11 is 0. The largest absolute Gasteiger partial charge is 0.416 e. The molecule has 0 radical (unpaired) electrons. The Labute approximate surface area is 102 Å². The number of nitrogens with two attached hydrogens (primary N) is 1. The Bertz CT molecular complexity index is 436. The summed E-state index contributed by atoms with van der Waals surface area (Å²) < 4.78 is 37.1. The van der Waals surface area contributed by atoms with Crippen molar-refractivity contribution in [1.82, 2.24) is 5.32 Å². The van der Waals surface area contributed by atoms with Gasteiger partial charge < -0.3 is 11.1 Å². The van der Waals surface area contributed by atoms with Gasteiger partial charge in [-0.25, -0.2) is 4.79 Å². The zero-order valence-electron chi connectivity index (χ0n) is 9.50. The highest BCUT2D eigenvalue weighted by molar-refractivity contribution is 5.72. The van der Waals surface area contributed by atoms with Gasteiger partial charge in [-0.05, 0) is 36.5 Å². The number of alkyl halides is 3. The Balaban J connectivity index is 1.95. The van der Waals surface area contributed by atoms with Crippen molar-refractivity contribution >= 4 is 6.03 Å². The number of urea groups is 1. The SMILES string of the molecule is NC(=O)NC1CC(c2ccc(C(F)(F)F)cc2)C1. The molecule has 1 aliphatic carbocycles. The number of hydrogen-bond acceptors (Lipinski definition) is 1. The number of hydrogen-bond donors (Lipinski definition) is 2. The number of carbonyl (C=O) groups is 1. The molecule has 0 atom stereocenters. The van der Waals surface area contributed by atoms with Gasteiger partial charge in [0.2, 0.25) is 0 Å². The Kier molecular flexibility index (Phi) is 3.19. The van der Waals surface area contributed by atoms with Gasteiger partial charge in [-0.15, -0.1) is 0 Å². The Hall–Kier alpha value is -1.72. The molecule has 1 aromatic carbocycles. The van der Waals surface area contributed by atoms with Gasteiger partial charge in [0.05, 0.1) is 5.56 Å². The van der Waals surface area contributed by atoms with E-state index in [4.69, 9.17) is 5.73 Å². The van der Waals surface area contributed by atoms with Crippen LogP contribution in [-0.2, 0) is 6.18 Å². The number of amides is 2. The van der Waals surface area contributed by atoms with Crippen molar-refractivity contribution < 1.29 is 18.0 Å². The summed E-state index contributed by atoms with van der Waals surface area (Å²) in [6.07, 6.45) is -2.86. The minimum Gasteiger partial charge on any atom is -0.352 e. The Morgan fingerprint density at radius 1 is 1.22 bits per heavy atom. The van der Waals surface area contributed by atoms with E-state index in [1.54, 1.807) is 0 Å². The first kappa shape index (κ1) is 12.7. The van der Waals surface area contributed by atoms with E-state index in [1.165, 1.54) is 12.1 Å². The second kappa shape index (κ2) is 4.51. The first-order valence-electron chi connectivity index (χ1n) is 5.59. The molecule has 0 spiro atoms. The zero-order valence-corrected chi connectivity index (χ0v) is 9.50. The molecule has 2 amide bonds. The summed E-state index contributed by atoms with van der Waals surface area (Å²) in [7, 11) is 0. The van der Waals surface area contributed by atoms with Crippen LogP contribution < -0.4 is 11.1 Å². The van der Waals surface area contributed by atoms with Gasteiger partial charge in [-0.3, -0.25) is 0 Å². The van der Waals surface area contributed by atoms with E-state index in [0.29, 0.717) is 12.8 Å². The van der Waals surface area contributed by atoms with Gasteiger partial charge in [0.25, 0.3) is 0 Å². The van der Waals surface area contributed by atoms with Crippen LogP contribution in [0.15, 0.2) is 24.3 Å². The van der Waals surface area contributed by atoms with Crippen molar-refractivity contribution in [3.8, 4) is 0 Å². The van der Waals surface area contributed by atoms with Crippen LogP contribution in [0.1, 0.15) is 29.9 Å². The van der Waals surface area contributed by atoms with Gasteiger partial charge >= 0.3 is 12.2 Å². The summed E-state index contributed by atoms with van der Waals surface area (Å²) in [6.45, 7) is 0. The molecule has 0 saturated heterocycles. The standard InChI is InChI=1S/C12H13F3N2O/c13-12(14,15)9-3-1-7(2-4-9)8-5-10(6-8)17-11(16)18/h1-4,8,10H,5-6H2,(H3,16,17,18). The fourth-order valence-corrected chi connectivity index (χ4v) is 2.15. The number of nitrogens with one attached hydrogen (secondary N) is 1. The van der Waals surface area contributed by atoms with E-state index in [2.05, 4.69) is 5.32 Å². The van der Waals surface area contributed by atoms with Gasteiger partial charge in [-0.2, -0.15) is 13.2 Å². The summed E-state index contributed by atoms with van der Waals surface area (Å²) in [5.74, 6) is 0.198. The number of primary amides is 1. The molecule has 3 nitrogen and oxygen atoms in total. The number of carbonyl (C=O) groups excluding carboxylic acids is 1. The summed E-state index contributed by atoms with van der Waals surface area (Å²) in [4.78, 5) is 10.6. The van der Waals surface area contributed by atoms with Crippen molar-refractivity contribution in [2.45, 2.75) is 31.0 Å². The monoisotopic (exact) mass is 258 g/mol. The van der Waals surface area contributed by atoms with Crippen LogP contribution in [0.2, 0.25) is 0 Å². The van der Waals surface area contributed by atoms with Crippen LogP contribution in [0.4, 0.5) is 18.0 Å². The minimum absolute atomic E-state index is 0.0368. The summed E-state index contributed by atoms with van der Waals surface area (Å²) in [6, 6.07) is 4.64. The quantitative estimate of drug-likeness (QED) is 0.841. The number of benzene rings is 1. The molecule has 6 heteroatoms. The lowest BCUT2D eigenvalue weighted by molar-refractivity contribution is -0.137. The van der Waals surface area contributed by atoms with E-state index < -0.39 is 17.8 Å². The third-order valence-electron chi connectivity index (χ3n) is 3.19. The van der Waals surface area contributed by atoms with Crippen LogP contribution in [0, 0.1) is 0 Å². The van der Waals surface area contributed by atoms with Gasteiger partial charge in [0.1, 0.15) is 0 Å². The number of rotatable bonds is 2. The third-order valence-corrected chi connectivity index (χ3v) is 3.19. The molecule has 1 aliphatic rings. The van der Waals surface area contributed by atoms with Crippen LogP contribution in [-0.4, -0.2) is 12.1 Å². The van der Waals surface area contributed by atoms with Crippen LogP contribution >= 0.6 is 0 Å². The molecule has 3 N–H and O–H groups in total. The second-order valence-electron chi connectivity index (χ2n) is 4.49. The van der Waals surface area contributed by atoms with E-state index in [1.807, 2.05) is 0 Å². The minimum atomic E-state index is -4.30. The number of halogens is 3. The van der Waals surface area contributed by atoms with Crippen molar-refractivity contribution in [1.29, 1.82) is 0 Å². The molecule has 2 rings (SSSR count). The van der Waals surface area contributed by atoms with Crippen molar-refractivity contribution in [3.05, 3.63) is 35.4 Å². The van der Waals surface area contributed by atoms with Gasteiger partial charge in [0, 0.05) is 6.04 Å². The summed E-state index contributed by atoms with van der Waals surface area (Å²) in [5, 5.41) is 2.57. The highest BCUT2D eigenvalue weighted by Gasteiger charge is 2.33. The van der Waals surface area contributed by atoms with Crippen LogP contribution in [0.5, 0.6) is 0 Å². The molecule has 1 saturated carbocycles. The maximum absolute atomic E-state index is 12.4. The fourth-order valence-electron chi connectivity index (χ4n) is 2.15. The smallest absolute Gasteiger partial charge is 0.352 e. The molecule has 98 valence electrons. The molecule has 0 aromatic heterocycles. The second-order valence-corrected chi connectivity index (χ2v) is 4.49. The third kappa shape index (κ3) is 2.75. The Morgan fingerprint density at radius 3 is 2.22 bits per heavy atom. The highest BCUT2D eigenvalue weighted by atomic mass is 19.4. The molecule has 0 bridgehead atoms. The predicted molar refractivity (Wildman–Crippen MR) is 59.9 cm³/mol. The first-order chi connectivity index (χ1) is 8.36. The van der Waals surface area contributed by atoms with E-state index in [9.17, 15) is 18.0 Å². The summed E-state index contributed by atoms with van der Waals surface area (Å²) in [5.41, 5.74) is 5.20. The molecule has 1 aromatic rings. The Morgan fingerprint density at radius 2 is 1.78 bits per heavy atom. The molecular formula is C12H13F3N2O. The zero-order chi connectivity index (χ0) is 13.3. The molecule has 0 unspecified atom stereocenters. The van der Waals surface area contributed by atoms with Crippen molar-refractivity contribution in [2.24, 2.45) is 5.73 Å². The maximum Gasteiger partial charge on any atom is 0.416 e. The fraction of sp³-hybridized carbons (Fsp3) is 0.417. The maximum atomic E-state index is 12.4. The predicted octanol–water partition coefficient (Wildman–Crippen LogP) is 2.62. The lowest BCUT2D eigenvalue weighted by Crippen LogP contribution is -2.45. The normalized spacial score (nSPS) is 23.3. The van der Waals surface area contributed by atoms with E-state index in [0.717, 1.165) is 17.7 Å². The lowest BCUT2D eigenvalue weighted by atomic mass is 9.76. The van der Waals surface area contributed by atoms with Crippen molar-refractivity contribution in [2.75, 3.05) is 0 Å². The highest BCUT2D eigenvalue weighted by Crippen LogP contribution is 2.38. The lowest BCUT2D eigenvalue weighted by Gasteiger charge is -2.35. The average Bonchev–Trinajstić information content (AvgIpc) is 2.21. The van der Waals surface area contributed by atoms with E-state index >= 15 is 0 Å².